The van der Waals surface area contributed by atoms with Crippen molar-refractivity contribution in [2.24, 2.45) is 11.8 Å². The minimum Gasteiger partial charge on any atom is -0.303 e. The molecule has 0 aromatic rings. The van der Waals surface area contributed by atoms with Crippen LogP contribution in [0.2, 0.25) is 0 Å². The van der Waals surface area contributed by atoms with E-state index >= 15 is 0 Å². The molecule has 0 N–H and O–H groups in total. The Hall–Kier alpha value is -0.920. The fraction of sp³-hybridized carbons (Fsp3) is 0.826. The molecule has 0 aliphatic rings. The highest BCUT2D eigenvalue weighted by Gasteiger charge is 2.12. The molecule has 0 rings (SSSR count). The molecule has 0 spiro atoms. The molecule has 0 fully saturated rings. The quantitative estimate of drug-likeness (QED) is 0.150. The zero-order chi connectivity index (χ0) is 18.8. The Morgan fingerprint density at radius 1 is 0.840 bits per heavy atom. The van der Waals surface area contributed by atoms with E-state index in [1.165, 1.54) is 38.5 Å². The molecular formula is C23H42O2. The molecule has 0 bridgehead atoms. The lowest BCUT2D eigenvalue weighted by Crippen LogP contribution is -2.10. The maximum Gasteiger partial charge on any atom is 0.132 e. The predicted octanol–water partition coefficient (Wildman–Crippen LogP) is 7.06. The zero-order valence-corrected chi connectivity index (χ0v) is 17.1. The van der Waals surface area contributed by atoms with Crippen molar-refractivity contribution in [2.45, 2.75) is 111 Å². The van der Waals surface area contributed by atoms with Gasteiger partial charge in [0.15, 0.2) is 0 Å². The fourth-order valence-electron chi connectivity index (χ4n) is 3.23. The van der Waals surface area contributed by atoms with Gasteiger partial charge in [-0.1, -0.05) is 77.9 Å². The molecule has 0 heterocycles. The summed E-state index contributed by atoms with van der Waals surface area (Å²) in [6.07, 6.45) is 21.0. The molecule has 0 radical (unpaired) electrons. The summed E-state index contributed by atoms with van der Waals surface area (Å²) in [6, 6.07) is 0. The summed E-state index contributed by atoms with van der Waals surface area (Å²) < 4.78 is 0. The summed E-state index contributed by atoms with van der Waals surface area (Å²) in [7, 11) is 0. The zero-order valence-electron chi connectivity index (χ0n) is 17.1. The Bertz CT molecular complexity index is 346. The number of hydrogen-bond acceptors (Lipinski definition) is 2. The lowest BCUT2D eigenvalue weighted by molar-refractivity contribution is -0.119. The molecule has 0 aliphatic carbocycles. The van der Waals surface area contributed by atoms with Gasteiger partial charge in [0.05, 0.1) is 0 Å². The first-order chi connectivity index (χ1) is 12.2. The van der Waals surface area contributed by atoms with E-state index in [2.05, 4.69) is 32.9 Å². The Labute approximate surface area is 156 Å². The third-order valence-corrected chi connectivity index (χ3v) is 5.05. The van der Waals surface area contributed by atoms with Crippen molar-refractivity contribution in [3.05, 3.63) is 12.2 Å². The summed E-state index contributed by atoms with van der Waals surface area (Å²) in [5.74, 6) is 0.989. The number of unbranched alkanes of at least 4 members (excludes halogenated alkanes) is 8. The summed E-state index contributed by atoms with van der Waals surface area (Å²) in [6.45, 7) is 6.49. The van der Waals surface area contributed by atoms with Gasteiger partial charge in [0.25, 0.3) is 0 Å². The van der Waals surface area contributed by atoms with Gasteiger partial charge in [0.2, 0.25) is 0 Å². The number of Topliss-reactive ketones (excluding diaryl/α,β-unsaturated/α-hetero) is 1. The molecule has 2 heteroatoms. The van der Waals surface area contributed by atoms with Crippen LogP contribution < -0.4 is 0 Å². The van der Waals surface area contributed by atoms with E-state index in [9.17, 15) is 9.59 Å². The third kappa shape index (κ3) is 15.1. The van der Waals surface area contributed by atoms with Crippen molar-refractivity contribution in [3.8, 4) is 0 Å². The van der Waals surface area contributed by atoms with Gasteiger partial charge in [0, 0.05) is 18.8 Å². The smallest absolute Gasteiger partial charge is 0.132 e. The first-order valence-corrected chi connectivity index (χ1v) is 10.8. The average Bonchev–Trinajstić information content (AvgIpc) is 2.61. The van der Waals surface area contributed by atoms with Crippen molar-refractivity contribution >= 4 is 12.1 Å². The van der Waals surface area contributed by atoms with E-state index in [0.717, 1.165) is 57.7 Å². The number of carbonyl (C=O) groups excluding carboxylic acids is 2. The number of carbonyl (C=O) groups is 2. The Morgan fingerprint density at radius 3 is 2.00 bits per heavy atom. The molecule has 2 atom stereocenters. The number of aldehydes is 1. The highest BCUT2D eigenvalue weighted by molar-refractivity contribution is 5.78. The first kappa shape index (κ1) is 24.1. The average molecular weight is 351 g/mol. The molecule has 146 valence electrons. The van der Waals surface area contributed by atoms with Crippen LogP contribution in [-0.4, -0.2) is 12.1 Å². The van der Waals surface area contributed by atoms with Gasteiger partial charge >= 0.3 is 0 Å². The maximum atomic E-state index is 11.8. The Balaban J connectivity index is 3.52. The Morgan fingerprint density at radius 2 is 1.44 bits per heavy atom. The van der Waals surface area contributed by atoms with Gasteiger partial charge in [-0.3, -0.25) is 4.79 Å². The van der Waals surface area contributed by atoms with Crippen molar-refractivity contribution < 1.29 is 9.59 Å². The molecule has 0 saturated heterocycles. The van der Waals surface area contributed by atoms with Crippen molar-refractivity contribution in [1.82, 2.24) is 0 Å². The van der Waals surface area contributed by atoms with Gasteiger partial charge in [-0.15, -0.1) is 0 Å². The molecule has 0 saturated carbocycles. The molecular weight excluding hydrogens is 308 g/mol. The van der Waals surface area contributed by atoms with Gasteiger partial charge in [0.1, 0.15) is 12.1 Å². The second-order valence-corrected chi connectivity index (χ2v) is 7.53. The summed E-state index contributed by atoms with van der Waals surface area (Å²) in [4.78, 5) is 22.8. The molecule has 2 unspecified atom stereocenters. The minimum absolute atomic E-state index is 0.175. The van der Waals surface area contributed by atoms with Crippen molar-refractivity contribution in [2.75, 3.05) is 0 Å². The number of hydrogen-bond donors (Lipinski definition) is 0. The standard InChI is InChI=1S/C23H42O2/c1-4-6-7-10-14-18-23(25)19-15-12-9-8-11-13-17-21(3)22(20-24)16-5-2/h13,17,20-22H,4-12,14-16,18-19H2,1-3H3/b17-13+. The third-order valence-electron chi connectivity index (χ3n) is 5.05. The van der Waals surface area contributed by atoms with E-state index in [0.29, 0.717) is 11.7 Å². The van der Waals surface area contributed by atoms with E-state index in [4.69, 9.17) is 0 Å². The van der Waals surface area contributed by atoms with Crippen LogP contribution in [-0.2, 0) is 9.59 Å². The van der Waals surface area contributed by atoms with Crippen LogP contribution in [0.25, 0.3) is 0 Å². The summed E-state index contributed by atoms with van der Waals surface area (Å²) in [5, 5.41) is 0. The van der Waals surface area contributed by atoms with Gasteiger partial charge in [-0.2, -0.15) is 0 Å². The fourth-order valence-corrected chi connectivity index (χ4v) is 3.23. The maximum absolute atomic E-state index is 11.8. The molecule has 0 aromatic heterocycles. The highest BCUT2D eigenvalue weighted by atomic mass is 16.1. The van der Waals surface area contributed by atoms with Crippen LogP contribution in [0.4, 0.5) is 0 Å². The molecule has 0 amide bonds. The minimum atomic E-state index is 0.175. The molecule has 2 nitrogen and oxygen atoms in total. The van der Waals surface area contributed by atoms with Crippen molar-refractivity contribution in [3.63, 3.8) is 0 Å². The second-order valence-electron chi connectivity index (χ2n) is 7.53. The van der Waals surface area contributed by atoms with Gasteiger partial charge in [-0.05, 0) is 38.0 Å². The second kappa shape index (κ2) is 17.9. The van der Waals surface area contributed by atoms with Crippen LogP contribution in [0, 0.1) is 11.8 Å². The van der Waals surface area contributed by atoms with Crippen LogP contribution in [0.15, 0.2) is 12.2 Å². The van der Waals surface area contributed by atoms with Crippen LogP contribution in [0.1, 0.15) is 111 Å². The topological polar surface area (TPSA) is 34.1 Å². The van der Waals surface area contributed by atoms with E-state index < -0.39 is 0 Å². The van der Waals surface area contributed by atoms with Gasteiger partial charge < -0.3 is 4.79 Å². The predicted molar refractivity (Wildman–Crippen MR) is 109 cm³/mol. The molecule has 0 aliphatic heterocycles. The van der Waals surface area contributed by atoms with Crippen LogP contribution in [0.5, 0.6) is 0 Å². The summed E-state index contributed by atoms with van der Waals surface area (Å²) in [5.41, 5.74) is 0. The monoisotopic (exact) mass is 350 g/mol. The molecule has 25 heavy (non-hydrogen) atoms. The highest BCUT2D eigenvalue weighted by Crippen LogP contribution is 2.17. The normalized spacial score (nSPS) is 13.9. The molecule has 0 aromatic carbocycles. The number of allylic oxidation sites excluding steroid dienone is 2. The van der Waals surface area contributed by atoms with Crippen LogP contribution >= 0.6 is 0 Å². The van der Waals surface area contributed by atoms with E-state index in [1.54, 1.807) is 0 Å². The number of ketones is 1. The SMILES string of the molecule is CCCCCCCC(=O)CCCCCC/C=C/C(C)C(C=O)CCC. The van der Waals surface area contributed by atoms with Crippen LogP contribution in [0.3, 0.4) is 0 Å². The lowest BCUT2D eigenvalue weighted by Gasteiger charge is -2.13. The van der Waals surface area contributed by atoms with Crippen molar-refractivity contribution in [1.29, 1.82) is 0 Å². The van der Waals surface area contributed by atoms with E-state index in [1.807, 2.05) is 0 Å². The number of rotatable bonds is 18. The van der Waals surface area contributed by atoms with E-state index in [-0.39, 0.29) is 5.92 Å². The van der Waals surface area contributed by atoms with Gasteiger partial charge in [-0.25, -0.2) is 0 Å². The first-order valence-electron chi connectivity index (χ1n) is 10.8. The lowest BCUT2D eigenvalue weighted by atomic mass is 9.91. The largest absolute Gasteiger partial charge is 0.303 e. The summed E-state index contributed by atoms with van der Waals surface area (Å²) >= 11 is 0. The Kier molecular flexibility index (Phi) is 17.2.